The van der Waals surface area contributed by atoms with Gasteiger partial charge in [-0.15, -0.1) is 22.9 Å². The highest BCUT2D eigenvalue weighted by Gasteiger charge is 2.10. The number of carbonyl (C=O) groups excluding carboxylic acids is 1. The second-order valence-electron chi connectivity index (χ2n) is 3.69. The summed E-state index contributed by atoms with van der Waals surface area (Å²) in [5.41, 5.74) is 1.65. The van der Waals surface area contributed by atoms with Gasteiger partial charge in [0.25, 0.3) is 0 Å². The monoisotopic (exact) mass is 281 g/mol. The van der Waals surface area contributed by atoms with Crippen molar-refractivity contribution in [2.45, 2.75) is 18.8 Å². The fourth-order valence-electron chi connectivity index (χ4n) is 1.31. The molecule has 0 bridgehead atoms. The molecular weight excluding hydrogens is 270 g/mol. The Balaban J connectivity index is 2.01. The number of rotatable bonds is 4. The normalized spacial score (nSPS) is 12.1. The minimum Gasteiger partial charge on any atom is -0.349 e. The van der Waals surface area contributed by atoms with E-state index in [0.717, 1.165) is 16.4 Å². The van der Waals surface area contributed by atoms with Gasteiger partial charge < -0.3 is 5.32 Å². The van der Waals surface area contributed by atoms with Gasteiger partial charge in [0.2, 0.25) is 5.91 Å². The summed E-state index contributed by atoms with van der Waals surface area (Å²) in [6.07, 6.45) is 1.73. The average molecular weight is 282 g/mol. The van der Waals surface area contributed by atoms with Gasteiger partial charge in [0, 0.05) is 11.6 Å². The zero-order valence-corrected chi connectivity index (χ0v) is 11.3. The van der Waals surface area contributed by atoms with Crippen LogP contribution in [0.15, 0.2) is 29.8 Å². The van der Waals surface area contributed by atoms with Crippen LogP contribution < -0.4 is 5.32 Å². The molecule has 2 rings (SSSR count). The summed E-state index contributed by atoms with van der Waals surface area (Å²) >= 11 is 7.16. The van der Waals surface area contributed by atoms with Crippen molar-refractivity contribution in [2.75, 3.05) is 0 Å². The topological polar surface area (TPSA) is 54.9 Å². The summed E-state index contributed by atoms with van der Waals surface area (Å²) < 4.78 is 0. The van der Waals surface area contributed by atoms with Gasteiger partial charge >= 0.3 is 0 Å². The molecule has 0 aliphatic heterocycles. The third kappa shape index (κ3) is 3.27. The number of hydrogen-bond donors (Lipinski definition) is 1. The highest BCUT2D eigenvalue weighted by Crippen LogP contribution is 2.21. The van der Waals surface area contributed by atoms with E-state index < -0.39 is 5.38 Å². The molecule has 0 radical (unpaired) electrons. The number of nitrogens with one attached hydrogen (secondary N) is 1. The van der Waals surface area contributed by atoms with E-state index in [1.165, 1.54) is 11.3 Å². The molecule has 0 saturated heterocycles. The first-order valence-corrected chi connectivity index (χ1v) is 6.76. The summed E-state index contributed by atoms with van der Waals surface area (Å²) in [5.74, 6) is -0.191. The first-order chi connectivity index (χ1) is 8.66. The number of halogens is 1. The molecule has 2 heterocycles. The lowest BCUT2D eigenvalue weighted by Crippen LogP contribution is -2.29. The van der Waals surface area contributed by atoms with E-state index in [9.17, 15) is 4.79 Å². The van der Waals surface area contributed by atoms with E-state index in [1.807, 2.05) is 23.6 Å². The highest BCUT2D eigenvalue weighted by molar-refractivity contribution is 7.13. The van der Waals surface area contributed by atoms with Crippen LogP contribution in [0.5, 0.6) is 0 Å². The molecule has 0 aliphatic carbocycles. The molecule has 18 heavy (non-hydrogen) atoms. The molecule has 0 spiro atoms. The predicted molar refractivity (Wildman–Crippen MR) is 72.5 cm³/mol. The van der Waals surface area contributed by atoms with Gasteiger partial charge in [-0.05, 0) is 19.1 Å². The third-order valence-corrected chi connectivity index (χ3v) is 3.35. The van der Waals surface area contributed by atoms with E-state index in [-0.39, 0.29) is 5.91 Å². The fourth-order valence-corrected chi connectivity index (χ4v) is 2.19. The van der Waals surface area contributed by atoms with Crippen LogP contribution in [0.2, 0.25) is 0 Å². The van der Waals surface area contributed by atoms with E-state index in [1.54, 1.807) is 13.1 Å². The molecular formula is C12H12ClN3OS. The number of alkyl halides is 1. The lowest BCUT2D eigenvalue weighted by Gasteiger charge is -2.03. The molecule has 0 aromatic carbocycles. The van der Waals surface area contributed by atoms with Crippen molar-refractivity contribution in [3.63, 3.8) is 0 Å². The SMILES string of the molecule is CC(Cl)C(=O)NCc1csc(-c2ccccn2)n1. The van der Waals surface area contributed by atoms with Gasteiger partial charge in [-0.3, -0.25) is 9.78 Å². The summed E-state index contributed by atoms with van der Waals surface area (Å²) in [6.45, 7) is 2.02. The minimum atomic E-state index is -0.529. The Morgan fingerprint density at radius 2 is 2.39 bits per heavy atom. The fraction of sp³-hybridized carbons (Fsp3) is 0.250. The van der Waals surface area contributed by atoms with Crippen LogP contribution in [0, 0.1) is 0 Å². The Hall–Kier alpha value is -1.46. The standard InChI is InChI=1S/C12H12ClN3OS/c1-8(13)11(17)15-6-9-7-18-12(16-9)10-4-2-3-5-14-10/h2-5,7-8H,6H2,1H3,(H,15,17). The maximum absolute atomic E-state index is 11.3. The maximum Gasteiger partial charge on any atom is 0.238 e. The van der Waals surface area contributed by atoms with Crippen molar-refractivity contribution in [3.8, 4) is 10.7 Å². The second kappa shape index (κ2) is 5.93. The predicted octanol–water partition coefficient (Wildman–Crippen LogP) is 2.45. The number of nitrogens with zero attached hydrogens (tertiary/aromatic N) is 2. The lowest BCUT2D eigenvalue weighted by atomic mass is 10.3. The number of carbonyl (C=O) groups is 1. The maximum atomic E-state index is 11.3. The van der Waals surface area contributed by atoms with Crippen molar-refractivity contribution >= 4 is 28.8 Å². The van der Waals surface area contributed by atoms with E-state index in [2.05, 4.69) is 15.3 Å². The zero-order valence-electron chi connectivity index (χ0n) is 9.76. The molecule has 2 aromatic rings. The molecule has 4 nitrogen and oxygen atoms in total. The van der Waals surface area contributed by atoms with E-state index in [4.69, 9.17) is 11.6 Å². The van der Waals surface area contributed by atoms with Gasteiger partial charge in [0.1, 0.15) is 10.4 Å². The van der Waals surface area contributed by atoms with Gasteiger partial charge in [0.05, 0.1) is 17.9 Å². The van der Waals surface area contributed by atoms with Crippen LogP contribution in [0.4, 0.5) is 0 Å². The molecule has 6 heteroatoms. The molecule has 94 valence electrons. The number of hydrogen-bond acceptors (Lipinski definition) is 4. The second-order valence-corrected chi connectivity index (χ2v) is 5.21. The molecule has 1 N–H and O–H groups in total. The summed E-state index contributed by atoms with van der Waals surface area (Å²) in [6, 6.07) is 5.68. The van der Waals surface area contributed by atoms with Crippen molar-refractivity contribution in [3.05, 3.63) is 35.5 Å². The lowest BCUT2D eigenvalue weighted by molar-refractivity contribution is -0.120. The first-order valence-electron chi connectivity index (χ1n) is 5.44. The molecule has 2 aromatic heterocycles. The van der Waals surface area contributed by atoms with Crippen molar-refractivity contribution < 1.29 is 4.79 Å². The Bertz CT molecular complexity index is 527. The highest BCUT2D eigenvalue weighted by atomic mass is 35.5. The molecule has 1 amide bonds. The van der Waals surface area contributed by atoms with E-state index in [0.29, 0.717) is 6.54 Å². The Kier molecular flexibility index (Phi) is 4.28. The van der Waals surface area contributed by atoms with Crippen molar-refractivity contribution in [1.82, 2.24) is 15.3 Å². The van der Waals surface area contributed by atoms with E-state index >= 15 is 0 Å². The van der Waals surface area contributed by atoms with Crippen molar-refractivity contribution in [2.24, 2.45) is 0 Å². The molecule has 1 atom stereocenters. The Morgan fingerprint density at radius 3 is 3.06 bits per heavy atom. The van der Waals surface area contributed by atoms with Gasteiger partial charge in [-0.2, -0.15) is 0 Å². The first kappa shape index (κ1) is 13.0. The summed E-state index contributed by atoms with van der Waals surface area (Å²) in [4.78, 5) is 19.9. The average Bonchev–Trinajstić information content (AvgIpc) is 2.85. The smallest absolute Gasteiger partial charge is 0.238 e. The van der Waals surface area contributed by atoms with Crippen LogP contribution in [-0.4, -0.2) is 21.3 Å². The van der Waals surface area contributed by atoms with Gasteiger partial charge in [-0.1, -0.05) is 6.07 Å². The Morgan fingerprint density at radius 1 is 1.56 bits per heavy atom. The van der Waals surface area contributed by atoms with Crippen LogP contribution in [0.1, 0.15) is 12.6 Å². The number of thiazole rings is 1. The van der Waals surface area contributed by atoms with Gasteiger partial charge in [-0.25, -0.2) is 4.98 Å². The number of pyridine rings is 1. The molecule has 0 fully saturated rings. The number of aromatic nitrogens is 2. The number of amides is 1. The van der Waals surface area contributed by atoms with Crippen LogP contribution >= 0.6 is 22.9 Å². The van der Waals surface area contributed by atoms with Gasteiger partial charge in [0.15, 0.2) is 0 Å². The largest absolute Gasteiger partial charge is 0.349 e. The van der Waals surface area contributed by atoms with Crippen molar-refractivity contribution in [1.29, 1.82) is 0 Å². The molecule has 0 aliphatic rings. The minimum absolute atomic E-state index is 0.191. The summed E-state index contributed by atoms with van der Waals surface area (Å²) in [7, 11) is 0. The zero-order chi connectivity index (χ0) is 13.0. The molecule has 1 unspecified atom stereocenters. The quantitative estimate of drug-likeness (QED) is 0.876. The van der Waals surface area contributed by atoms with Crippen LogP contribution in [0.3, 0.4) is 0 Å². The van der Waals surface area contributed by atoms with Crippen LogP contribution in [0.25, 0.3) is 10.7 Å². The third-order valence-electron chi connectivity index (χ3n) is 2.24. The Labute approximate surface area is 114 Å². The summed E-state index contributed by atoms with van der Waals surface area (Å²) in [5, 5.41) is 4.94. The van der Waals surface area contributed by atoms with Crippen LogP contribution in [-0.2, 0) is 11.3 Å². The molecule has 0 saturated carbocycles.